The Labute approximate surface area is 168 Å². The quantitative estimate of drug-likeness (QED) is 0.519. The molecular weight excluding hydrogens is 397 g/mol. The molecule has 1 aromatic carbocycles. The fourth-order valence-electron chi connectivity index (χ4n) is 3.11. The van der Waals surface area contributed by atoms with E-state index in [0.717, 1.165) is 0 Å². The van der Waals surface area contributed by atoms with Crippen molar-refractivity contribution in [2.45, 2.75) is 13.0 Å². The van der Waals surface area contributed by atoms with Gasteiger partial charge in [0.05, 0.1) is 11.3 Å². The third-order valence-corrected chi connectivity index (χ3v) is 5.25. The molecule has 0 aliphatic carbocycles. The van der Waals surface area contributed by atoms with Crippen molar-refractivity contribution in [1.29, 1.82) is 5.26 Å². The van der Waals surface area contributed by atoms with Crippen LogP contribution in [-0.2, 0) is 18.2 Å². The van der Waals surface area contributed by atoms with Crippen LogP contribution in [0.5, 0.6) is 5.75 Å². The second-order valence-electron chi connectivity index (χ2n) is 6.38. The van der Waals surface area contributed by atoms with Crippen LogP contribution in [0.15, 0.2) is 30.5 Å². The molecule has 4 rings (SSSR count). The Morgan fingerprint density at radius 2 is 2.17 bits per heavy atom. The Kier molecular flexibility index (Phi) is 4.56. The number of hydrogen-bond donors (Lipinski definition) is 3. The van der Waals surface area contributed by atoms with Crippen molar-refractivity contribution < 1.29 is 13.3 Å². The van der Waals surface area contributed by atoms with Crippen molar-refractivity contribution in [3.8, 4) is 22.9 Å². The van der Waals surface area contributed by atoms with E-state index in [2.05, 4.69) is 25.6 Å². The molecule has 0 fully saturated rings. The Morgan fingerprint density at radius 1 is 1.38 bits per heavy atom. The number of nitrogens with one attached hydrogen (secondary N) is 2. The van der Waals surface area contributed by atoms with Gasteiger partial charge in [-0.15, -0.1) is 0 Å². The van der Waals surface area contributed by atoms with Gasteiger partial charge in [0.2, 0.25) is 11.2 Å². The highest BCUT2D eigenvalue weighted by Gasteiger charge is 2.24. The zero-order valence-corrected chi connectivity index (χ0v) is 16.2. The number of fused-ring (bicyclic) bond motifs is 5. The molecule has 3 heterocycles. The Bertz CT molecular complexity index is 1190. The van der Waals surface area contributed by atoms with Crippen LogP contribution in [0.2, 0.25) is 0 Å². The monoisotopic (exact) mass is 413 g/mol. The zero-order valence-electron chi connectivity index (χ0n) is 15.4. The maximum absolute atomic E-state index is 13.8. The second-order valence-corrected chi connectivity index (χ2v) is 7.33. The number of nitrogens with two attached hydrogens (primary N) is 1. The first kappa shape index (κ1) is 18.7. The number of aryl methyl sites for hydroxylation is 1. The van der Waals surface area contributed by atoms with Gasteiger partial charge in [-0.3, -0.25) is 14.1 Å². The standard InChI is InChI=1S/C18H16FN7O2S/c1-9-12-6-11(19)3-4-13(12)24-29(27)25-18-16(14(7-20)26(2)23-18)10-5-15(28-9)17(21)22-8-10/h3-6,8-9,24H,1-2H3,(H2,21,22)(H,23,25). The lowest BCUT2D eigenvalue weighted by Crippen LogP contribution is -2.18. The average Bonchev–Trinajstić information content (AvgIpc) is 2.98. The van der Waals surface area contributed by atoms with Crippen molar-refractivity contribution in [1.82, 2.24) is 14.8 Å². The van der Waals surface area contributed by atoms with Gasteiger partial charge in [0.15, 0.2) is 17.4 Å². The van der Waals surface area contributed by atoms with Crippen molar-refractivity contribution in [2.75, 3.05) is 15.2 Å². The van der Waals surface area contributed by atoms with Crippen LogP contribution in [-0.4, -0.2) is 19.0 Å². The molecule has 1 aliphatic heterocycles. The summed E-state index contributed by atoms with van der Waals surface area (Å²) in [4.78, 5) is 4.15. The summed E-state index contributed by atoms with van der Waals surface area (Å²) in [6, 6.07) is 7.72. The van der Waals surface area contributed by atoms with E-state index in [9.17, 15) is 13.9 Å². The van der Waals surface area contributed by atoms with Gasteiger partial charge in [-0.2, -0.15) is 10.4 Å². The highest BCUT2D eigenvalue weighted by Crippen LogP contribution is 2.37. The molecular formula is C18H16FN7O2S. The predicted molar refractivity (Wildman–Crippen MR) is 106 cm³/mol. The first-order valence-electron chi connectivity index (χ1n) is 8.51. The number of benzene rings is 1. The molecule has 3 aromatic rings. The number of aromatic nitrogens is 3. The van der Waals surface area contributed by atoms with Crippen molar-refractivity contribution >= 4 is 28.5 Å². The van der Waals surface area contributed by atoms with E-state index in [1.807, 2.05) is 0 Å². The summed E-state index contributed by atoms with van der Waals surface area (Å²) in [7, 11) is 1.60. The van der Waals surface area contributed by atoms with Crippen molar-refractivity contribution in [3.05, 3.63) is 47.5 Å². The molecule has 0 saturated heterocycles. The van der Waals surface area contributed by atoms with Crippen LogP contribution in [0.4, 0.5) is 21.7 Å². The smallest absolute Gasteiger partial charge is 0.221 e. The maximum Gasteiger partial charge on any atom is 0.221 e. The molecule has 0 saturated carbocycles. The normalized spacial score (nSPS) is 17.9. The Balaban J connectivity index is 1.94. The molecule has 2 aromatic heterocycles. The van der Waals surface area contributed by atoms with E-state index < -0.39 is 23.1 Å². The van der Waals surface area contributed by atoms with Crippen LogP contribution in [0.1, 0.15) is 24.3 Å². The van der Waals surface area contributed by atoms with E-state index in [-0.39, 0.29) is 23.1 Å². The highest BCUT2D eigenvalue weighted by atomic mass is 32.2. The molecule has 2 bridgehead atoms. The minimum absolute atomic E-state index is 0.143. The molecule has 11 heteroatoms. The van der Waals surface area contributed by atoms with Crippen LogP contribution in [0, 0.1) is 17.1 Å². The molecule has 29 heavy (non-hydrogen) atoms. The molecule has 0 radical (unpaired) electrons. The predicted octanol–water partition coefficient (Wildman–Crippen LogP) is 2.63. The number of pyridine rings is 1. The van der Waals surface area contributed by atoms with Gasteiger partial charge in [0.25, 0.3) is 0 Å². The maximum atomic E-state index is 13.8. The molecule has 2 unspecified atom stereocenters. The number of anilines is 3. The lowest BCUT2D eigenvalue weighted by Gasteiger charge is -2.21. The molecule has 9 nitrogen and oxygen atoms in total. The summed E-state index contributed by atoms with van der Waals surface area (Å²) < 4.78 is 39.4. The first-order valence-corrected chi connectivity index (χ1v) is 9.66. The topological polar surface area (TPSA) is 131 Å². The summed E-state index contributed by atoms with van der Waals surface area (Å²) in [6.45, 7) is 1.71. The fourth-order valence-corrected chi connectivity index (χ4v) is 3.87. The summed E-state index contributed by atoms with van der Waals surface area (Å²) in [5.41, 5.74) is 7.99. The van der Waals surface area contributed by atoms with Crippen molar-refractivity contribution in [3.63, 3.8) is 0 Å². The molecule has 4 N–H and O–H groups in total. The summed E-state index contributed by atoms with van der Waals surface area (Å²) in [6.07, 6.45) is 0.846. The number of rotatable bonds is 0. The Morgan fingerprint density at radius 3 is 2.93 bits per heavy atom. The minimum Gasteiger partial charge on any atom is -0.482 e. The summed E-state index contributed by atoms with van der Waals surface area (Å²) in [5, 5.41) is 13.8. The number of halogens is 1. The van der Waals surface area contributed by atoms with Crippen LogP contribution >= 0.6 is 0 Å². The van der Waals surface area contributed by atoms with Crippen LogP contribution in [0.3, 0.4) is 0 Å². The van der Waals surface area contributed by atoms with E-state index in [1.54, 1.807) is 20.0 Å². The largest absolute Gasteiger partial charge is 0.482 e. The number of nitrogen functional groups attached to an aromatic ring is 1. The Hall–Kier alpha value is -3.65. The van der Waals surface area contributed by atoms with E-state index in [1.165, 1.54) is 29.1 Å². The van der Waals surface area contributed by atoms with E-state index in [0.29, 0.717) is 22.4 Å². The van der Waals surface area contributed by atoms with Gasteiger partial charge < -0.3 is 10.5 Å². The van der Waals surface area contributed by atoms with Crippen LogP contribution < -0.4 is 19.9 Å². The third kappa shape index (κ3) is 3.34. The first-order chi connectivity index (χ1) is 13.9. The lowest BCUT2D eigenvalue weighted by molar-refractivity contribution is 0.228. The zero-order chi connectivity index (χ0) is 20.7. The highest BCUT2D eigenvalue weighted by molar-refractivity contribution is 7.87. The number of nitriles is 1. The molecule has 148 valence electrons. The van der Waals surface area contributed by atoms with Gasteiger partial charge in [-0.1, -0.05) is 0 Å². The molecule has 0 spiro atoms. The lowest BCUT2D eigenvalue weighted by atomic mass is 10.1. The third-order valence-electron chi connectivity index (χ3n) is 4.47. The second kappa shape index (κ2) is 7.06. The molecule has 1 aliphatic rings. The van der Waals surface area contributed by atoms with E-state index in [4.69, 9.17) is 10.5 Å². The minimum atomic E-state index is -1.83. The van der Waals surface area contributed by atoms with Gasteiger partial charge in [-0.25, -0.2) is 13.6 Å². The van der Waals surface area contributed by atoms with E-state index >= 15 is 0 Å². The molecule has 2 atom stereocenters. The SMILES string of the molecule is CC1Oc2cc(cnc2N)-c2c(nn(C)c2C#N)NS(=O)Nc2ccc(F)cc21. The summed E-state index contributed by atoms with van der Waals surface area (Å²) >= 11 is -1.83. The van der Waals surface area contributed by atoms with Gasteiger partial charge in [-0.05, 0) is 31.2 Å². The van der Waals surface area contributed by atoms with Crippen molar-refractivity contribution in [2.24, 2.45) is 7.05 Å². The van der Waals surface area contributed by atoms with Gasteiger partial charge in [0, 0.05) is 24.4 Å². The van der Waals surface area contributed by atoms with Gasteiger partial charge in [0.1, 0.15) is 23.7 Å². The summed E-state index contributed by atoms with van der Waals surface area (Å²) in [5.74, 6) is 0.164. The average molecular weight is 413 g/mol. The van der Waals surface area contributed by atoms with Crippen LogP contribution in [0.25, 0.3) is 11.1 Å². The van der Waals surface area contributed by atoms with Gasteiger partial charge >= 0.3 is 0 Å². The number of ether oxygens (including phenoxy) is 1. The molecule has 0 amide bonds. The fraction of sp³-hybridized carbons (Fsp3) is 0.167. The number of nitrogens with zero attached hydrogens (tertiary/aromatic N) is 4. The number of hydrogen-bond acceptors (Lipinski definition) is 6.